The first-order valence-electron chi connectivity index (χ1n) is 7.80. The zero-order valence-electron chi connectivity index (χ0n) is 12.3. The number of carbonyl (C=O) groups is 2. The Hall–Kier alpha value is -1.84. The van der Waals surface area contributed by atoms with Gasteiger partial charge in [-0.1, -0.05) is 24.3 Å². The summed E-state index contributed by atoms with van der Waals surface area (Å²) in [7, 11) is 0. The summed E-state index contributed by atoms with van der Waals surface area (Å²) < 4.78 is 0. The quantitative estimate of drug-likeness (QED) is 0.790. The summed E-state index contributed by atoms with van der Waals surface area (Å²) in [5.41, 5.74) is 2.79. The molecule has 21 heavy (non-hydrogen) atoms. The van der Waals surface area contributed by atoms with Crippen molar-refractivity contribution in [2.45, 2.75) is 31.7 Å². The minimum Gasteiger partial charge on any atom is -0.341 e. The van der Waals surface area contributed by atoms with E-state index in [0.717, 1.165) is 13.0 Å². The summed E-state index contributed by atoms with van der Waals surface area (Å²) in [6.07, 6.45) is 2.27. The second kappa shape index (κ2) is 4.58. The molecule has 3 heterocycles. The molecular formula is C17H20N2O2. The summed E-state index contributed by atoms with van der Waals surface area (Å²) in [6, 6.07) is 8.82. The van der Waals surface area contributed by atoms with Gasteiger partial charge in [0, 0.05) is 32.5 Å². The lowest BCUT2D eigenvalue weighted by atomic mass is 9.74. The fourth-order valence-corrected chi connectivity index (χ4v) is 4.10. The Kier molecular flexibility index (Phi) is 2.81. The molecule has 0 N–H and O–H groups in total. The van der Waals surface area contributed by atoms with Crippen LogP contribution in [0.15, 0.2) is 24.3 Å². The Balaban J connectivity index is 1.54. The van der Waals surface area contributed by atoms with Crippen LogP contribution in [0, 0.1) is 5.92 Å². The molecule has 1 aliphatic carbocycles. The molecule has 1 aromatic carbocycles. The van der Waals surface area contributed by atoms with Crippen molar-refractivity contribution < 1.29 is 9.59 Å². The SMILES string of the molecule is CC(=O)N1CC(C(=O)N2C[C@H]3CC[C@H]2c2ccccc23)C1. The van der Waals surface area contributed by atoms with Gasteiger partial charge >= 0.3 is 0 Å². The van der Waals surface area contributed by atoms with Crippen molar-refractivity contribution in [2.24, 2.45) is 5.92 Å². The normalized spacial score (nSPS) is 27.3. The van der Waals surface area contributed by atoms with Gasteiger partial charge < -0.3 is 9.80 Å². The second-order valence-electron chi connectivity index (χ2n) is 6.53. The van der Waals surface area contributed by atoms with E-state index in [-0.39, 0.29) is 23.8 Å². The number of amides is 2. The molecule has 4 aliphatic rings. The Morgan fingerprint density at radius 1 is 1.05 bits per heavy atom. The highest BCUT2D eigenvalue weighted by Gasteiger charge is 2.44. The maximum Gasteiger partial charge on any atom is 0.229 e. The maximum absolute atomic E-state index is 12.7. The van der Waals surface area contributed by atoms with E-state index in [1.165, 1.54) is 17.5 Å². The topological polar surface area (TPSA) is 40.6 Å². The van der Waals surface area contributed by atoms with E-state index < -0.39 is 0 Å². The van der Waals surface area contributed by atoms with Gasteiger partial charge in [-0.3, -0.25) is 9.59 Å². The van der Waals surface area contributed by atoms with E-state index in [9.17, 15) is 9.59 Å². The molecule has 2 bridgehead atoms. The van der Waals surface area contributed by atoms with Crippen LogP contribution >= 0.6 is 0 Å². The van der Waals surface area contributed by atoms with Crippen molar-refractivity contribution in [3.05, 3.63) is 35.4 Å². The van der Waals surface area contributed by atoms with Crippen molar-refractivity contribution in [1.82, 2.24) is 9.80 Å². The Labute approximate surface area is 124 Å². The second-order valence-corrected chi connectivity index (χ2v) is 6.53. The molecule has 1 aromatic rings. The number of rotatable bonds is 1. The lowest BCUT2D eigenvalue weighted by Gasteiger charge is -2.49. The van der Waals surface area contributed by atoms with Crippen LogP contribution in [0.1, 0.15) is 42.9 Å². The molecule has 4 heteroatoms. The van der Waals surface area contributed by atoms with Crippen molar-refractivity contribution in [3.8, 4) is 0 Å². The number of carbonyl (C=O) groups excluding carboxylic acids is 2. The number of hydrogen-bond acceptors (Lipinski definition) is 2. The zero-order valence-corrected chi connectivity index (χ0v) is 12.3. The maximum atomic E-state index is 12.7. The number of likely N-dealkylation sites (tertiary alicyclic amines) is 1. The van der Waals surface area contributed by atoms with Crippen LogP contribution in [0.25, 0.3) is 0 Å². The highest BCUT2D eigenvalue weighted by Crippen LogP contribution is 2.47. The minimum atomic E-state index is 0.0143. The molecule has 3 aliphatic heterocycles. The molecule has 110 valence electrons. The van der Waals surface area contributed by atoms with Crippen LogP contribution in [0.5, 0.6) is 0 Å². The van der Waals surface area contributed by atoms with Gasteiger partial charge in [0.2, 0.25) is 11.8 Å². The molecule has 4 nitrogen and oxygen atoms in total. The van der Waals surface area contributed by atoms with Crippen molar-refractivity contribution >= 4 is 11.8 Å². The number of nitrogens with zero attached hydrogens (tertiary/aromatic N) is 2. The Bertz CT molecular complexity index is 607. The minimum absolute atomic E-state index is 0.0143. The van der Waals surface area contributed by atoms with Crippen LogP contribution in [0.4, 0.5) is 0 Å². The van der Waals surface area contributed by atoms with E-state index in [1.807, 2.05) is 0 Å². The first kappa shape index (κ1) is 12.9. The summed E-state index contributed by atoms with van der Waals surface area (Å²) >= 11 is 0. The molecule has 2 fully saturated rings. The van der Waals surface area contributed by atoms with E-state index in [1.54, 1.807) is 11.8 Å². The van der Waals surface area contributed by atoms with Crippen molar-refractivity contribution in [1.29, 1.82) is 0 Å². The molecule has 0 spiro atoms. The van der Waals surface area contributed by atoms with Gasteiger partial charge in [-0.2, -0.15) is 0 Å². The first-order valence-corrected chi connectivity index (χ1v) is 7.80. The number of piperidine rings is 1. The van der Waals surface area contributed by atoms with E-state index in [2.05, 4.69) is 29.2 Å². The predicted octanol–water partition coefficient (Wildman–Crippen LogP) is 1.93. The fraction of sp³-hybridized carbons (Fsp3) is 0.529. The van der Waals surface area contributed by atoms with Crippen LogP contribution in [-0.4, -0.2) is 41.2 Å². The molecule has 0 radical (unpaired) electrons. The van der Waals surface area contributed by atoms with Crippen LogP contribution in [0.2, 0.25) is 0 Å². The Morgan fingerprint density at radius 2 is 1.76 bits per heavy atom. The van der Waals surface area contributed by atoms with E-state index in [0.29, 0.717) is 19.0 Å². The molecule has 2 saturated heterocycles. The van der Waals surface area contributed by atoms with Gasteiger partial charge in [-0.25, -0.2) is 0 Å². The van der Waals surface area contributed by atoms with Gasteiger partial charge in [-0.15, -0.1) is 0 Å². The van der Waals surface area contributed by atoms with Gasteiger partial charge in [0.15, 0.2) is 0 Å². The molecule has 5 rings (SSSR count). The standard InChI is InChI=1S/C17H20N2O2/c1-11(20)18-8-13(9-18)17(21)19-10-12-6-7-16(19)15-5-3-2-4-14(12)15/h2-5,12-13,16H,6-10H2,1H3/t12-,16+/m1/s1. The zero-order chi connectivity index (χ0) is 14.6. The number of hydrogen-bond donors (Lipinski definition) is 0. The molecule has 2 atom stereocenters. The molecule has 0 unspecified atom stereocenters. The van der Waals surface area contributed by atoms with E-state index >= 15 is 0 Å². The third kappa shape index (κ3) is 1.88. The van der Waals surface area contributed by atoms with Crippen LogP contribution in [0.3, 0.4) is 0 Å². The van der Waals surface area contributed by atoms with Crippen LogP contribution in [-0.2, 0) is 9.59 Å². The van der Waals surface area contributed by atoms with Crippen LogP contribution < -0.4 is 0 Å². The third-order valence-electron chi connectivity index (χ3n) is 5.34. The predicted molar refractivity (Wildman–Crippen MR) is 78.6 cm³/mol. The summed E-state index contributed by atoms with van der Waals surface area (Å²) in [5.74, 6) is 0.834. The van der Waals surface area contributed by atoms with Gasteiger partial charge in [0.25, 0.3) is 0 Å². The summed E-state index contributed by atoms with van der Waals surface area (Å²) in [5, 5.41) is 0. The van der Waals surface area contributed by atoms with Crippen molar-refractivity contribution in [2.75, 3.05) is 19.6 Å². The largest absolute Gasteiger partial charge is 0.341 e. The molecule has 0 aromatic heterocycles. The summed E-state index contributed by atoms with van der Waals surface area (Å²) in [6.45, 7) is 3.63. The smallest absolute Gasteiger partial charge is 0.229 e. The Morgan fingerprint density at radius 3 is 2.48 bits per heavy atom. The lowest BCUT2D eigenvalue weighted by Crippen LogP contribution is -2.58. The van der Waals surface area contributed by atoms with Gasteiger partial charge in [-0.05, 0) is 24.0 Å². The fourth-order valence-electron chi connectivity index (χ4n) is 4.10. The summed E-state index contributed by atoms with van der Waals surface area (Å²) in [4.78, 5) is 27.8. The van der Waals surface area contributed by atoms with E-state index in [4.69, 9.17) is 0 Å². The molecule has 2 amide bonds. The number of fused-ring (bicyclic) bond motifs is 2. The highest BCUT2D eigenvalue weighted by molar-refractivity contribution is 5.84. The average molecular weight is 284 g/mol. The first-order chi connectivity index (χ1) is 10.1. The van der Waals surface area contributed by atoms with Gasteiger partial charge in [0.1, 0.15) is 0 Å². The molecular weight excluding hydrogens is 264 g/mol. The van der Waals surface area contributed by atoms with Gasteiger partial charge in [0.05, 0.1) is 12.0 Å². The molecule has 0 saturated carbocycles. The average Bonchev–Trinajstić information content (AvgIpc) is 2.46. The lowest BCUT2D eigenvalue weighted by molar-refractivity contribution is -0.151. The highest BCUT2D eigenvalue weighted by atomic mass is 16.2. The monoisotopic (exact) mass is 284 g/mol. The number of benzene rings is 1. The third-order valence-corrected chi connectivity index (χ3v) is 5.34. The van der Waals surface area contributed by atoms with Crippen molar-refractivity contribution in [3.63, 3.8) is 0 Å².